The van der Waals surface area contributed by atoms with Gasteiger partial charge in [0.15, 0.2) is 0 Å². The highest BCUT2D eigenvalue weighted by atomic mass is 32.1. The fourth-order valence-corrected chi connectivity index (χ4v) is 5.05. The number of hydrogen-bond acceptors (Lipinski definition) is 3. The fraction of sp³-hybridized carbons (Fsp3) is 0.304. The van der Waals surface area contributed by atoms with Crippen LogP contribution in [0, 0.1) is 6.92 Å². The molecule has 162 valence electrons. The molecule has 0 atom stereocenters. The Morgan fingerprint density at radius 1 is 1.03 bits per heavy atom. The Morgan fingerprint density at radius 3 is 2.39 bits per heavy atom. The maximum Gasteiger partial charge on any atom is 0.416 e. The largest absolute Gasteiger partial charge is 0.416 e. The number of rotatable bonds is 4. The average molecular weight is 446 g/mol. The van der Waals surface area contributed by atoms with E-state index in [-0.39, 0.29) is 5.69 Å². The number of alkyl halides is 3. The van der Waals surface area contributed by atoms with Crippen LogP contribution in [0.1, 0.15) is 47.9 Å². The second-order valence-corrected chi connectivity index (χ2v) is 8.71. The van der Waals surface area contributed by atoms with Crippen molar-refractivity contribution in [3.8, 4) is 10.4 Å². The molecule has 1 heterocycles. The molecular weight excluding hydrogens is 423 g/mol. The summed E-state index contributed by atoms with van der Waals surface area (Å²) in [5, 5.41) is 6.28. The van der Waals surface area contributed by atoms with E-state index in [0.717, 1.165) is 28.3 Å². The number of urea groups is 1. The molecule has 1 aromatic heterocycles. The third kappa shape index (κ3) is 5.07. The van der Waals surface area contributed by atoms with E-state index >= 15 is 0 Å². The van der Waals surface area contributed by atoms with E-state index in [0.29, 0.717) is 11.6 Å². The molecule has 4 nitrogen and oxygen atoms in total. The van der Waals surface area contributed by atoms with Crippen LogP contribution in [0.5, 0.6) is 0 Å². The lowest BCUT2D eigenvalue weighted by Gasteiger charge is -2.11. The average Bonchev–Trinajstić information content (AvgIpc) is 3.38. The predicted molar refractivity (Wildman–Crippen MR) is 118 cm³/mol. The number of thiazole rings is 1. The monoisotopic (exact) mass is 445 g/mol. The van der Waals surface area contributed by atoms with Gasteiger partial charge in [0.25, 0.3) is 0 Å². The minimum Gasteiger partial charge on any atom is -0.308 e. The van der Waals surface area contributed by atoms with Crippen molar-refractivity contribution in [2.45, 2.75) is 44.7 Å². The van der Waals surface area contributed by atoms with Gasteiger partial charge in [0.2, 0.25) is 0 Å². The van der Waals surface area contributed by atoms with Gasteiger partial charge in [0, 0.05) is 17.3 Å². The number of aromatic nitrogens is 1. The highest BCUT2D eigenvalue weighted by molar-refractivity contribution is 7.15. The molecule has 0 unspecified atom stereocenters. The van der Waals surface area contributed by atoms with Gasteiger partial charge in [0.05, 0.1) is 21.1 Å². The van der Waals surface area contributed by atoms with Crippen LogP contribution < -0.4 is 10.6 Å². The van der Waals surface area contributed by atoms with E-state index in [1.807, 2.05) is 19.1 Å². The summed E-state index contributed by atoms with van der Waals surface area (Å²) in [5.41, 5.74) is 1.85. The Balaban J connectivity index is 1.41. The Bertz CT molecular complexity index is 1070. The lowest BCUT2D eigenvalue weighted by Crippen LogP contribution is -2.19. The van der Waals surface area contributed by atoms with Crippen LogP contribution in [0.4, 0.5) is 29.3 Å². The lowest BCUT2D eigenvalue weighted by atomic mass is 10.1. The zero-order valence-corrected chi connectivity index (χ0v) is 17.7. The highest BCUT2D eigenvalue weighted by Gasteiger charge is 2.30. The fourth-order valence-electron chi connectivity index (χ4n) is 3.80. The summed E-state index contributed by atoms with van der Waals surface area (Å²) < 4.78 is 38.4. The molecule has 4 rings (SSSR count). The zero-order valence-electron chi connectivity index (χ0n) is 16.9. The number of nitrogens with zero attached hydrogens (tertiary/aromatic N) is 1. The summed E-state index contributed by atoms with van der Waals surface area (Å²) in [4.78, 5) is 18.1. The van der Waals surface area contributed by atoms with Crippen LogP contribution >= 0.6 is 11.3 Å². The molecule has 0 bridgehead atoms. The lowest BCUT2D eigenvalue weighted by molar-refractivity contribution is -0.137. The number of halogens is 3. The second kappa shape index (κ2) is 8.70. The molecule has 0 aliphatic heterocycles. The molecule has 0 spiro atoms. The molecule has 0 radical (unpaired) electrons. The molecule has 3 aromatic rings. The first-order valence-corrected chi connectivity index (χ1v) is 10.9. The van der Waals surface area contributed by atoms with Crippen molar-refractivity contribution < 1.29 is 18.0 Å². The van der Waals surface area contributed by atoms with E-state index in [1.165, 1.54) is 42.8 Å². The van der Waals surface area contributed by atoms with Gasteiger partial charge in [-0.1, -0.05) is 31.0 Å². The Kier molecular flexibility index (Phi) is 6.00. The van der Waals surface area contributed by atoms with E-state index in [2.05, 4.69) is 10.6 Å². The van der Waals surface area contributed by atoms with Crippen LogP contribution in [0.3, 0.4) is 0 Å². The third-order valence-corrected chi connectivity index (χ3v) is 6.74. The number of hydrogen-bond donors (Lipinski definition) is 2. The van der Waals surface area contributed by atoms with Gasteiger partial charge in [-0.2, -0.15) is 13.2 Å². The van der Waals surface area contributed by atoms with Crippen molar-refractivity contribution in [3.05, 3.63) is 64.8 Å². The highest BCUT2D eigenvalue weighted by Crippen LogP contribution is 2.40. The Labute approximate surface area is 182 Å². The van der Waals surface area contributed by atoms with Gasteiger partial charge in [-0.15, -0.1) is 11.3 Å². The standard InChI is InChI=1S/C23H22F3N3OS/c1-14-20(31-21(27-14)16-5-2-3-6-16)15-9-11-18(12-10-15)28-22(30)29-19-8-4-7-17(13-19)23(24,25)26/h4,7-13,16H,2-3,5-6H2,1H3,(H2,28,29,30). The first-order chi connectivity index (χ1) is 14.8. The Morgan fingerprint density at radius 2 is 1.71 bits per heavy atom. The normalized spacial score (nSPS) is 14.6. The topological polar surface area (TPSA) is 54.0 Å². The van der Waals surface area contributed by atoms with Crippen LogP contribution in [-0.4, -0.2) is 11.0 Å². The number of amides is 2. The maximum absolute atomic E-state index is 12.8. The zero-order chi connectivity index (χ0) is 22.0. The number of aryl methyl sites for hydroxylation is 1. The SMILES string of the molecule is Cc1nc(C2CCCC2)sc1-c1ccc(NC(=O)Nc2cccc(C(F)(F)F)c2)cc1. The van der Waals surface area contributed by atoms with E-state index < -0.39 is 17.8 Å². The molecule has 8 heteroatoms. The number of benzene rings is 2. The maximum atomic E-state index is 12.8. The molecule has 0 saturated heterocycles. The Hall–Kier alpha value is -2.87. The van der Waals surface area contributed by atoms with E-state index in [1.54, 1.807) is 23.5 Å². The summed E-state index contributed by atoms with van der Waals surface area (Å²) in [7, 11) is 0. The molecule has 1 fully saturated rings. The second-order valence-electron chi connectivity index (χ2n) is 7.68. The van der Waals surface area contributed by atoms with Gasteiger partial charge in [-0.25, -0.2) is 9.78 Å². The number of anilines is 2. The first-order valence-electron chi connectivity index (χ1n) is 10.1. The van der Waals surface area contributed by atoms with Crippen molar-refractivity contribution >= 4 is 28.7 Å². The summed E-state index contributed by atoms with van der Waals surface area (Å²) in [6.45, 7) is 2.01. The van der Waals surface area contributed by atoms with Crippen LogP contribution in [0.25, 0.3) is 10.4 Å². The van der Waals surface area contributed by atoms with Gasteiger partial charge in [-0.05, 0) is 55.7 Å². The van der Waals surface area contributed by atoms with Crippen LogP contribution in [0.2, 0.25) is 0 Å². The van der Waals surface area contributed by atoms with Gasteiger partial charge in [-0.3, -0.25) is 0 Å². The molecule has 1 saturated carbocycles. The minimum atomic E-state index is -4.46. The first kappa shape index (κ1) is 21.4. The van der Waals surface area contributed by atoms with Crippen molar-refractivity contribution in [1.29, 1.82) is 0 Å². The molecule has 31 heavy (non-hydrogen) atoms. The van der Waals surface area contributed by atoms with Gasteiger partial charge < -0.3 is 10.6 Å². The molecule has 2 amide bonds. The molecule has 2 N–H and O–H groups in total. The summed E-state index contributed by atoms with van der Waals surface area (Å²) in [6, 6.07) is 11.3. The van der Waals surface area contributed by atoms with Gasteiger partial charge >= 0.3 is 12.2 Å². The third-order valence-electron chi connectivity index (χ3n) is 5.37. The molecule has 1 aliphatic carbocycles. The molecular formula is C23H22F3N3OS. The summed E-state index contributed by atoms with van der Waals surface area (Å²) in [6.07, 6.45) is 0.478. The molecule has 1 aliphatic rings. The van der Waals surface area contributed by atoms with Crippen molar-refractivity contribution in [2.75, 3.05) is 10.6 Å². The summed E-state index contributed by atoms with van der Waals surface area (Å²) >= 11 is 1.73. The molecule has 2 aromatic carbocycles. The summed E-state index contributed by atoms with van der Waals surface area (Å²) in [5.74, 6) is 0.568. The smallest absolute Gasteiger partial charge is 0.308 e. The van der Waals surface area contributed by atoms with Crippen molar-refractivity contribution in [1.82, 2.24) is 4.98 Å². The predicted octanol–water partition coefficient (Wildman–Crippen LogP) is 7.44. The van der Waals surface area contributed by atoms with Crippen molar-refractivity contribution in [3.63, 3.8) is 0 Å². The quantitative estimate of drug-likeness (QED) is 0.438. The number of carbonyl (C=O) groups is 1. The number of nitrogens with one attached hydrogen (secondary N) is 2. The minimum absolute atomic E-state index is 0.0728. The number of carbonyl (C=O) groups excluding carboxylic acids is 1. The van der Waals surface area contributed by atoms with Crippen LogP contribution in [0.15, 0.2) is 48.5 Å². The van der Waals surface area contributed by atoms with Gasteiger partial charge in [0.1, 0.15) is 0 Å². The van der Waals surface area contributed by atoms with E-state index in [9.17, 15) is 18.0 Å². The van der Waals surface area contributed by atoms with Crippen molar-refractivity contribution in [2.24, 2.45) is 0 Å². The van der Waals surface area contributed by atoms with Crippen LogP contribution in [-0.2, 0) is 6.18 Å². The van der Waals surface area contributed by atoms with E-state index in [4.69, 9.17) is 4.98 Å².